The van der Waals surface area contributed by atoms with Gasteiger partial charge in [0, 0.05) is 23.0 Å². The van der Waals surface area contributed by atoms with Crippen molar-refractivity contribution in [3.8, 4) is 17.1 Å². The van der Waals surface area contributed by atoms with Gasteiger partial charge in [0.15, 0.2) is 0 Å². The number of ether oxygens (including phenoxy) is 1. The number of pyridine rings is 1. The van der Waals surface area contributed by atoms with Crippen molar-refractivity contribution in [3.05, 3.63) is 66.4 Å². The van der Waals surface area contributed by atoms with Gasteiger partial charge in [-0.15, -0.1) is 0 Å². The highest BCUT2D eigenvalue weighted by molar-refractivity contribution is 7.99. The second kappa shape index (κ2) is 8.80. The van der Waals surface area contributed by atoms with Crippen molar-refractivity contribution in [2.75, 3.05) is 17.8 Å². The Morgan fingerprint density at radius 1 is 1.21 bits per heavy atom. The van der Waals surface area contributed by atoms with Gasteiger partial charge in [-0.3, -0.25) is 4.79 Å². The van der Waals surface area contributed by atoms with Gasteiger partial charge in [-0.05, 0) is 74.2 Å². The average Bonchev–Trinajstić information content (AvgIpc) is 3.27. The molecule has 0 fully saturated rings. The Morgan fingerprint density at radius 3 is 2.76 bits per heavy atom. The fraction of sp³-hybridized carbons (Fsp3) is 0.296. The first-order valence-corrected chi connectivity index (χ1v) is 12.4. The molecule has 1 aliphatic heterocycles. The molecule has 0 bridgehead atoms. The maximum absolute atomic E-state index is 13.4. The van der Waals surface area contributed by atoms with E-state index in [0.29, 0.717) is 11.7 Å². The number of thioether (sulfide) groups is 1. The van der Waals surface area contributed by atoms with Crippen LogP contribution in [0.1, 0.15) is 38.7 Å². The number of fused-ring (bicyclic) bond motifs is 2. The van der Waals surface area contributed by atoms with Crippen LogP contribution >= 0.6 is 11.8 Å². The number of imidazole rings is 1. The first-order chi connectivity index (χ1) is 16.4. The molecular weight excluding hydrogens is 444 g/mol. The summed E-state index contributed by atoms with van der Waals surface area (Å²) in [6.45, 7) is 6.49. The average molecular weight is 473 g/mol. The Hall–Kier alpha value is -3.32. The van der Waals surface area contributed by atoms with Crippen LogP contribution in [0.2, 0.25) is 0 Å². The van der Waals surface area contributed by atoms with Crippen molar-refractivity contribution in [1.82, 2.24) is 15.0 Å². The molecule has 6 nitrogen and oxygen atoms in total. The number of para-hydroxylation sites is 2. The predicted molar refractivity (Wildman–Crippen MR) is 138 cm³/mol. The number of anilines is 1. The van der Waals surface area contributed by atoms with Gasteiger partial charge in [0.05, 0.1) is 28.9 Å². The van der Waals surface area contributed by atoms with Crippen molar-refractivity contribution < 1.29 is 9.53 Å². The Labute approximate surface area is 203 Å². The molecular formula is C27H28N4O2S. The van der Waals surface area contributed by atoms with E-state index in [2.05, 4.69) is 41.8 Å². The Balaban J connectivity index is 1.32. The molecule has 5 rings (SSSR count). The molecule has 0 radical (unpaired) electrons. The van der Waals surface area contributed by atoms with Crippen LogP contribution in [0, 0.1) is 0 Å². The van der Waals surface area contributed by atoms with E-state index in [1.165, 1.54) is 11.8 Å². The van der Waals surface area contributed by atoms with Crippen LogP contribution in [0.3, 0.4) is 0 Å². The third-order valence-corrected chi connectivity index (χ3v) is 7.34. The number of methoxy groups -OCH3 is 1. The summed E-state index contributed by atoms with van der Waals surface area (Å²) in [6, 6.07) is 17.9. The molecule has 1 atom stereocenters. The van der Waals surface area contributed by atoms with Gasteiger partial charge >= 0.3 is 0 Å². The quantitative estimate of drug-likeness (QED) is 0.358. The number of rotatable bonds is 5. The number of aromatic nitrogens is 3. The van der Waals surface area contributed by atoms with Gasteiger partial charge in [0.1, 0.15) is 11.6 Å². The van der Waals surface area contributed by atoms with Crippen LogP contribution < -0.4 is 9.64 Å². The van der Waals surface area contributed by atoms with Crippen molar-refractivity contribution in [1.29, 1.82) is 0 Å². The zero-order valence-corrected chi connectivity index (χ0v) is 20.6. The first kappa shape index (κ1) is 22.5. The number of nitrogens with zero attached hydrogens (tertiary/aromatic N) is 3. The molecule has 34 heavy (non-hydrogen) atoms. The molecule has 0 spiro atoms. The molecule has 2 aromatic carbocycles. The lowest BCUT2D eigenvalue weighted by Gasteiger charge is -2.46. The Kier molecular flexibility index (Phi) is 5.81. The van der Waals surface area contributed by atoms with Gasteiger partial charge < -0.3 is 14.6 Å². The molecule has 0 saturated heterocycles. The van der Waals surface area contributed by atoms with E-state index < -0.39 is 0 Å². The third-order valence-electron chi connectivity index (χ3n) is 6.41. The molecule has 0 aliphatic carbocycles. The number of H-pyrrole nitrogens is 1. The van der Waals surface area contributed by atoms with E-state index in [1.54, 1.807) is 13.3 Å². The summed E-state index contributed by atoms with van der Waals surface area (Å²) in [5.74, 6) is 2.36. The zero-order chi connectivity index (χ0) is 23.9. The van der Waals surface area contributed by atoms with E-state index in [1.807, 2.05) is 53.4 Å². The molecule has 174 valence electrons. The van der Waals surface area contributed by atoms with Crippen molar-refractivity contribution in [2.45, 2.75) is 43.7 Å². The van der Waals surface area contributed by atoms with Crippen molar-refractivity contribution in [2.24, 2.45) is 0 Å². The maximum Gasteiger partial charge on any atom is 0.237 e. The van der Waals surface area contributed by atoms with Gasteiger partial charge in [-0.1, -0.05) is 30.8 Å². The molecule has 2 aromatic heterocycles. The Bertz CT molecular complexity index is 1310. The Morgan fingerprint density at radius 2 is 2.03 bits per heavy atom. The summed E-state index contributed by atoms with van der Waals surface area (Å²) in [5.41, 5.74) is 4.71. The van der Waals surface area contributed by atoms with Gasteiger partial charge in [-0.25, -0.2) is 9.97 Å². The third kappa shape index (κ3) is 4.16. The van der Waals surface area contributed by atoms with Gasteiger partial charge in [-0.2, -0.15) is 0 Å². The monoisotopic (exact) mass is 472 g/mol. The molecule has 4 aromatic rings. The number of aromatic amines is 1. The highest BCUT2D eigenvalue weighted by Crippen LogP contribution is 2.45. The number of carbonyl (C=O) groups is 1. The summed E-state index contributed by atoms with van der Waals surface area (Å²) in [6.07, 6.45) is 2.70. The number of hydrogen-bond acceptors (Lipinski definition) is 5. The lowest BCUT2D eigenvalue weighted by atomic mass is 9.80. The number of amides is 1. The molecule has 1 unspecified atom stereocenters. The molecule has 3 heterocycles. The highest BCUT2D eigenvalue weighted by atomic mass is 32.2. The van der Waals surface area contributed by atoms with E-state index in [0.717, 1.165) is 50.9 Å². The number of carbonyl (C=O) groups excluding carboxylic acids is 1. The van der Waals surface area contributed by atoms with E-state index in [-0.39, 0.29) is 11.4 Å². The summed E-state index contributed by atoms with van der Waals surface area (Å²) in [4.78, 5) is 27.9. The minimum absolute atomic E-state index is 0.0801. The van der Waals surface area contributed by atoms with Gasteiger partial charge in [0.2, 0.25) is 5.91 Å². The SMILES string of the molecule is COc1ccc2c(c1)C(C)CC(C)(C)N2C(=O)CSc1ccc(-c2nc3ccccc3[nH]2)cn1. The maximum atomic E-state index is 13.4. The molecule has 1 aliphatic rings. The minimum Gasteiger partial charge on any atom is -0.497 e. The zero-order valence-electron chi connectivity index (χ0n) is 19.8. The number of hydrogen-bond donors (Lipinski definition) is 1. The van der Waals surface area contributed by atoms with E-state index in [4.69, 9.17) is 4.74 Å². The van der Waals surface area contributed by atoms with Crippen molar-refractivity contribution >= 4 is 34.4 Å². The summed E-state index contributed by atoms with van der Waals surface area (Å²) < 4.78 is 5.42. The standard InChI is InChI=1S/C27H28N4O2S/c1-17-14-27(2,3)31(23-11-10-19(33-4)13-20(17)23)25(32)16-34-24-12-9-18(15-28-24)26-29-21-7-5-6-8-22(21)30-26/h5-13,15,17H,14,16H2,1-4H3,(H,29,30). The number of benzene rings is 2. The first-order valence-electron chi connectivity index (χ1n) is 11.4. The van der Waals surface area contributed by atoms with Crippen LogP contribution in [0.15, 0.2) is 65.8 Å². The molecule has 1 amide bonds. The van der Waals surface area contributed by atoms with E-state index in [9.17, 15) is 4.79 Å². The van der Waals surface area contributed by atoms with Crippen LogP contribution in [0.5, 0.6) is 5.75 Å². The minimum atomic E-state index is -0.267. The molecule has 0 saturated carbocycles. The van der Waals surface area contributed by atoms with Crippen LogP contribution in [0.25, 0.3) is 22.4 Å². The lowest BCUT2D eigenvalue weighted by molar-refractivity contribution is -0.117. The smallest absolute Gasteiger partial charge is 0.237 e. The van der Waals surface area contributed by atoms with Crippen LogP contribution in [-0.4, -0.2) is 39.3 Å². The normalized spacial score (nSPS) is 16.9. The second-order valence-corrected chi connectivity index (χ2v) is 10.3. The second-order valence-electron chi connectivity index (χ2n) is 9.35. The lowest BCUT2D eigenvalue weighted by Crippen LogP contribution is -2.52. The van der Waals surface area contributed by atoms with Crippen molar-refractivity contribution in [3.63, 3.8) is 0 Å². The highest BCUT2D eigenvalue weighted by Gasteiger charge is 2.39. The van der Waals surface area contributed by atoms with Gasteiger partial charge in [0.25, 0.3) is 0 Å². The summed E-state index contributed by atoms with van der Waals surface area (Å²) >= 11 is 1.46. The topological polar surface area (TPSA) is 71.1 Å². The largest absolute Gasteiger partial charge is 0.497 e. The van der Waals surface area contributed by atoms with E-state index >= 15 is 0 Å². The molecule has 7 heteroatoms. The predicted octanol–water partition coefficient (Wildman–Crippen LogP) is 6.04. The van der Waals surface area contributed by atoms with Crippen LogP contribution in [-0.2, 0) is 4.79 Å². The fourth-order valence-corrected chi connectivity index (χ4v) is 5.59. The molecule has 1 N–H and O–H groups in total. The number of nitrogens with one attached hydrogen (secondary N) is 1. The fourth-order valence-electron chi connectivity index (χ4n) is 4.90. The van der Waals surface area contributed by atoms with Crippen LogP contribution in [0.4, 0.5) is 5.69 Å². The summed E-state index contributed by atoms with van der Waals surface area (Å²) in [7, 11) is 1.67. The summed E-state index contributed by atoms with van der Waals surface area (Å²) in [5, 5.41) is 0.811.